The second-order valence-corrected chi connectivity index (χ2v) is 7.98. The molecule has 0 bridgehead atoms. The number of urea groups is 1. The van der Waals surface area contributed by atoms with E-state index in [9.17, 15) is 9.59 Å². The van der Waals surface area contributed by atoms with Gasteiger partial charge in [-0.05, 0) is 30.5 Å². The topological polar surface area (TPSA) is 67.9 Å². The van der Waals surface area contributed by atoms with Crippen LogP contribution in [0, 0.1) is 0 Å². The van der Waals surface area contributed by atoms with Crippen molar-refractivity contribution in [3.63, 3.8) is 0 Å². The van der Waals surface area contributed by atoms with Gasteiger partial charge in [0.25, 0.3) is 0 Å². The van der Waals surface area contributed by atoms with Crippen molar-refractivity contribution in [1.82, 2.24) is 10.2 Å². The first-order chi connectivity index (χ1) is 12.6. The van der Waals surface area contributed by atoms with Crippen LogP contribution in [-0.2, 0) is 16.1 Å². The van der Waals surface area contributed by atoms with E-state index < -0.39 is 0 Å². The minimum absolute atomic E-state index is 0.0238. The molecule has 2 amide bonds. The number of hydrogen-bond donors (Lipinski definition) is 1. The zero-order chi connectivity index (χ0) is 18.5. The van der Waals surface area contributed by atoms with Gasteiger partial charge >= 0.3 is 12.0 Å². The molecule has 0 unspecified atom stereocenters. The van der Waals surface area contributed by atoms with E-state index in [4.69, 9.17) is 4.74 Å². The van der Waals surface area contributed by atoms with Gasteiger partial charge in [-0.3, -0.25) is 4.79 Å². The zero-order valence-corrected chi connectivity index (χ0v) is 16.1. The molecule has 2 heterocycles. The Hall–Kier alpha value is -1.89. The highest BCUT2D eigenvalue weighted by atomic mass is 32.2. The third-order valence-electron chi connectivity index (χ3n) is 5.11. The van der Waals surface area contributed by atoms with Crippen molar-refractivity contribution in [2.24, 2.45) is 0 Å². The number of thioether (sulfide) groups is 1. The van der Waals surface area contributed by atoms with Crippen LogP contribution in [0.4, 0.5) is 4.79 Å². The molecule has 0 aromatic heterocycles. The molecule has 2 aliphatic heterocycles. The highest BCUT2D eigenvalue weighted by Crippen LogP contribution is 2.37. The Bertz CT molecular complexity index is 637. The number of unbranched alkanes of at least 4 members (excludes halogenated alkanes) is 1. The summed E-state index contributed by atoms with van der Waals surface area (Å²) in [6.45, 7) is 0.618. The van der Waals surface area contributed by atoms with Crippen LogP contribution in [0.3, 0.4) is 0 Å². The molecule has 0 spiro atoms. The van der Waals surface area contributed by atoms with Crippen molar-refractivity contribution < 1.29 is 19.1 Å². The Morgan fingerprint density at radius 2 is 2.04 bits per heavy atom. The second-order valence-electron chi connectivity index (χ2n) is 6.71. The number of amides is 2. The number of carbonyl (C=O) groups excluding carboxylic acids is 2. The predicted molar refractivity (Wildman–Crippen MR) is 101 cm³/mol. The zero-order valence-electron chi connectivity index (χ0n) is 15.3. The highest BCUT2D eigenvalue weighted by molar-refractivity contribution is 8.00. The van der Waals surface area contributed by atoms with Gasteiger partial charge < -0.3 is 19.7 Å². The lowest BCUT2D eigenvalue weighted by molar-refractivity contribution is -0.140. The first kappa shape index (κ1) is 18.9. The maximum absolute atomic E-state index is 12.4. The standard InChI is InChI=1S/C19H26N2O4S/c1-24-14-9-7-13(8-10-14)11-21-15-12-26-16(18(15)20-19(21)23)5-3-4-6-17(22)25-2/h7-10,15-16,18H,3-6,11-12H2,1-2H3,(H,20,23)/t15-,16-,18-/m0/s1. The maximum atomic E-state index is 12.4. The van der Waals surface area contributed by atoms with Crippen LogP contribution < -0.4 is 10.1 Å². The molecule has 2 aliphatic rings. The van der Waals surface area contributed by atoms with Gasteiger partial charge in [0, 0.05) is 24.0 Å². The van der Waals surface area contributed by atoms with E-state index in [0.29, 0.717) is 18.2 Å². The van der Waals surface area contributed by atoms with Crippen LogP contribution in [0.15, 0.2) is 24.3 Å². The maximum Gasteiger partial charge on any atom is 0.318 e. The van der Waals surface area contributed by atoms with Crippen LogP contribution >= 0.6 is 11.8 Å². The summed E-state index contributed by atoms with van der Waals surface area (Å²) in [5.41, 5.74) is 1.10. The van der Waals surface area contributed by atoms with Crippen LogP contribution in [0.2, 0.25) is 0 Å². The molecule has 0 radical (unpaired) electrons. The molecule has 2 fully saturated rings. The molecule has 142 valence electrons. The Morgan fingerprint density at radius 1 is 1.27 bits per heavy atom. The molecule has 1 N–H and O–H groups in total. The van der Waals surface area contributed by atoms with E-state index in [-0.39, 0.29) is 24.1 Å². The van der Waals surface area contributed by atoms with Gasteiger partial charge in [0.1, 0.15) is 5.75 Å². The first-order valence-corrected chi connectivity index (χ1v) is 10.1. The highest BCUT2D eigenvalue weighted by Gasteiger charge is 2.47. The van der Waals surface area contributed by atoms with E-state index in [1.54, 1.807) is 7.11 Å². The molecule has 3 rings (SSSR count). The van der Waals surface area contributed by atoms with Crippen molar-refractivity contribution in [3.05, 3.63) is 29.8 Å². The van der Waals surface area contributed by atoms with Gasteiger partial charge in [0.2, 0.25) is 0 Å². The van der Waals surface area contributed by atoms with Gasteiger partial charge in [-0.15, -0.1) is 0 Å². The van der Waals surface area contributed by atoms with Gasteiger partial charge in [-0.2, -0.15) is 11.8 Å². The molecule has 7 heteroatoms. The normalized spacial score (nSPS) is 24.3. The predicted octanol–water partition coefficient (Wildman–Crippen LogP) is 2.81. The Balaban J connectivity index is 1.52. The lowest BCUT2D eigenvalue weighted by Crippen LogP contribution is -2.37. The van der Waals surface area contributed by atoms with Crippen molar-refractivity contribution in [1.29, 1.82) is 0 Å². The Labute approximate surface area is 158 Å². The summed E-state index contributed by atoms with van der Waals surface area (Å²) in [6, 6.07) is 8.32. The van der Waals surface area contributed by atoms with E-state index in [0.717, 1.165) is 36.3 Å². The minimum Gasteiger partial charge on any atom is -0.497 e. The lowest BCUT2D eigenvalue weighted by Gasteiger charge is -2.22. The van der Waals surface area contributed by atoms with Crippen molar-refractivity contribution >= 4 is 23.8 Å². The van der Waals surface area contributed by atoms with Crippen LogP contribution in [0.1, 0.15) is 31.2 Å². The third kappa shape index (κ3) is 4.26. The minimum atomic E-state index is -0.151. The fraction of sp³-hybridized carbons (Fsp3) is 0.579. The molecule has 3 atom stereocenters. The number of nitrogens with one attached hydrogen (secondary N) is 1. The average molecular weight is 378 g/mol. The summed E-state index contributed by atoms with van der Waals surface area (Å²) in [7, 11) is 3.07. The molecular weight excluding hydrogens is 352 g/mol. The summed E-state index contributed by atoms with van der Waals surface area (Å²) in [4.78, 5) is 25.6. The van der Waals surface area contributed by atoms with Crippen molar-refractivity contribution in [2.45, 2.75) is 49.6 Å². The Kier molecular flexibility index (Phi) is 6.29. The summed E-state index contributed by atoms with van der Waals surface area (Å²) >= 11 is 1.93. The number of benzene rings is 1. The van der Waals surface area contributed by atoms with Gasteiger partial charge in [-0.1, -0.05) is 18.6 Å². The third-order valence-corrected chi connectivity index (χ3v) is 6.60. The molecule has 0 aliphatic carbocycles. The fourth-order valence-corrected chi connectivity index (χ4v) is 5.24. The Morgan fingerprint density at radius 3 is 2.73 bits per heavy atom. The number of hydrogen-bond acceptors (Lipinski definition) is 5. The number of fused-ring (bicyclic) bond motifs is 1. The van der Waals surface area contributed by atoms with Crippen LogP contribution in [0.25, 0.3) is 0 Å². The summed E-state index contributed by atoms with van der Waals surface area (Å²) in [5, 5.41) is 3.59. The number of ether oxygens (including phenoxy) is 2. The second kappa shape index (κ2) is 8.66. The van der Waals surface area contributed by atoms with E-state index in [2.05, 4.69) is 10.1 Å². The number of nitrogens with zero attached hydrogens (tertiary/aromatic N) is 1. The van der Waals surface area contributed by atoms with Crippen LogP contribution in [0.5, 0.6) is 5.75 Å². The van der Waals surface area contributed by atoms with E-state index in [1.807, 2.05) is 40.9 Å². The van der Waals surface area contributed by atoms with Crippen LogP contribution in [-0.4, -0.2) is 54.2 Å². The summed E-state index contributed by atoms with van der Waals surface area (Å²) in [5.74, 6) is 1.63. The van der Waals surface area contributed by atoms with Crippen molar-refractivity contribution in [2.75, 3.05) is 20.0 Å². The molecular formula is C19H26N2O4S. The lowest BCUT2D eigenvalue weighted by atomic mass is 10.0. The molecule has 26 heavy (non-hydrogen) atoms. The SMILES string of the molecule is COC(=O)CCCC[C@@H]1SC[C@H]2[C@@H]1NC(=O)N2Cc1ccc(OC)cc1. The number of esters is 1. The number of carbonyl (C=O) groups is 2. The average Bonchev–Trinajstić information content (AvgIpc) is 3.19. The molecule has 0 saturated carbocycles. The first-order valence-electron chi connectivity index (χ1n) is 9.01. The molecule has 1 aromatic rings. The largest absolute Gasteiger partial charge is 0.497 e. The molecule has 6 nitrogen and oxygen atoms in total. The number of rotatable bonds is 8. The summed E-state index contributed by atoms with van der Waals surface area (Å²) in [6.07, 6.45) is 3.30. The molecule has 1 aromatic carbocycles. The molecule has 2 saturated heterocycles. The number of methoxy groups -OCH3 is 2. The van der Waals surface area contributed by atoms with Gasteiger partial charge in [0.15, 0.2) is 0 Å². The van der Waals surface area contributed by atoms with E-state index in [1.165, 1.54) is 7.11 Å². The monoisotopic (exact) mass is 378 g/mol. The van der Waals surface area contributed by atoms with E-state index >= 15 is 0 Å². The van der Waals surface area contributed by atoms with Crippen molar-refractivity contribution in [3.8, 4) is 5.75 Å². The van der Waals surface area contributed by atoms with Gasteiger partial charge in [0.05, 0.1) is 26.3 Å². The quantitative estimate of drug-likeness (QED) is 0.428. The smallest absolute Gasteiger partial charge is 0.318 e. The fourth-order valence-electron chi connectivity index (χ4n) is 3.62. The summed E-state index contributed by atoms with van der Waals surface area (Å²) < 4.78 is 9.86. The van der Waals surface area contributed by atoms with Gasteiger partial charge in [-0.25, -0.2) is 4.79 Å².